The van der Waals surface area contributed by atoms with Crippen LogP contribution in [0.15, 0.2) is 24.3 Å². The zero-order chi connectivity index (χ0) is 12.2. The summed E-state index contributed by atoms with van der Waals surface area (Å²) in [7, 11) is 0. The second-order valence-corrected chi connectivity index (χ2v) is 5.17. The van der Waals surface area contributed by atoms with Crippen LogP contribution in [-0.4, -0.2) is 11.9 Å². The lowest BCUT2D eigenvalue weighted by atomic mass is 9.94. The van der Waals surface area contributed by atoms with Gasteiger partial charge in [0.15, 0.2) is 0 Å². The third-order valence-electron chi connectivity index (χ3n) is 3.89. The molecule has 0 bridgehead atoms. The van der Waals surface area contributed by atoms with Gasteiger partial charge in [0, 0.05) is 12.8 Å². The molecule has 0 fully saturated rings. The van der Waals surface area contributed by atoms with E-state index in [9.17, 15) is 4.79 Å². The van der Waals surface area contributed by atoms with Crippen molar-refractivity contribution in [2.45, 2.75) is 39.2 Å². The maximum absolute atomic E-state index is 11.9. The smallest absolute Gasteiger partial charge is 0.224 e. The van der Waals surface area contributed by atoms with Gasteiger partial charge in [0.1, 0.15) is 0 Å². The fraction of sp³-hybridized carbons (Fsp3) is 0.400. The summed E-state index contributed by atoms with van der Waals surface area (Å²) in [6.45, 7) is 5.89. The molecule has 1 aliphatic carbocycles. The number of aryl methyl sites for hydroxylation is 2. The molecule has 0 N–H and O–H groups in total. The lowest BCUT2D eigenvalue weighted by Gasteiger charge is -2.23. The average molecular weight is 227 g/mol. The third kappa shape index (κ3) is 1.36. The van der Waals surface area contributed by atoms with Crippen LogP contribution < -0.4 is 4.90 Å². The van der Waals surface area contributed by atoms with E-state index in [0.29, 0.717) is 5.92 Å². The summed E-state index contributed by atoms with van der Waals surface area (Å²) in [5.41, 5.74) is 5.02. The Balaban J connectivity index is 2.23. The standard InChI is InChI=1S/C15H17NO/c1-9-7-10(2)15-13(8-9)12-5-4-6-14(12)16(15)11(3)17/h4,6-8,12,14H,5H2,1-3H3. The third-order valence-corrected chi connectivity index (χ3v) is 3.89. The molecule has 0 radical (unpaired) electrons. The number of carbonyl (C=O) groups is 1. The first-order valence-electron chi connectivity index (χ1n) is 6.17. The Hall–Kier alpha value is -1.57. The highest BCUT2D eigenvalue weighted by atomic mass is 16.2. The Morgan fingerprint density at radius 1 is 1.35 bits per heavy atom. The van der Waals surface area contributed by atoms with E-state index in [-0.39, 0.29) is 11.9 Å². The molecule has 88 valence electrons. The molecule has 1 aromatic rings. The number of fused-ring (bicyclic) bond motifs is 3. The van der Waals surface area contributed by atoms with Gasteiger partial charge in [-0.15, -0.1) is 0 Å². The molecule has 2 heteroatoms. The number of hydrogen-bond donors (Lipinski definition) is 0. The summed E-state index contributed by atoms with van der Waals surface area (Å²) in [4.78, 5) is 13.9. The van der Waals surface area contributed by atoms with Gasteiger partial charge in [-0.3, -0.25) is 4.79 Å². The van der Waals surface area contributed by atoms with Crippen molar-refractivity contribution in [1.82, 2.24) is 0 Å². The van der Waals surface area contributed by atoms with Crippen molar-refractivity contribution in [2.24, 2.45) is 0 Å². The van der Waals surface area contributed by atoms with E-state index in [1.54, 1.807) is 6.92 Å². The van der Waals surface area contributed by atoms with Crippen LogP contribution in [0.1, 0.15) is 36.0 Å². The van der Waals surface area contributed by atoms with Gasteiger partial charge < -0.3 is 4.90 Å². The predicted octanol–water partition coefficient (Wildman–Crippen LogP) is 3.08. The minimum atomic E-state index is 0.150. The second-order valence-electron chi connectivity index (χ2n) is 5.17. The largest absolute Gasteiger partial charge is 0.305 e. The zero-order valence-corrected chi connectivity index (χ0v) is 10.5. The number of hydrogen-bond acceptors (Lipinski definition) is 1. The van der Waals surface area contributed by atoms with E-state index in [0.717, 1.165) is 12.1 Å². The number of carbonyl (C=O) groups excluding carboxylic acids is 1. The topological polar surface area (TPSA) is 20.3 Å². The monoisotopic (exact) mass is 227 g/mol. The Morgan fingerprint density at radius 2 is 2.12 bits per heavy atom. The minimum absolute atomic E-state index is 0.150. The molecule has 2 aliphatic rings. The quantitative estimate of drug-likeness (QED) is 0.624. The van der Waals surface area contributed by atoms with Gasteiger partial charge in [0.25, 0.3) is 0 Å². The van der Waals surface area contributed by atoms with Crippen LogP contribution in [0.25, 0.3) is 0 Å². The van der Waals surface area contributed by atoms with Gasteiger partial charge in [0.2, 0.25) is 5.91 Å². The number of amides is 1. The van der Waals surface area contributed by atoms with E-state index >= 15 is 0 Å². The van der Waals surface area contributed by atoms with Crippen LogP contribution in [0, 0.1) is 13.8 Å². The maximum Gasteiger partial charge on any atom is 0.224 e. The summed E-state index contributed by atoms with van der Waals surface area (Å²) >= 11 is 0. The van der Waals surface area contributed by atoms with Crippen LogP contribution >= 0.6 is 0 Å². The fourth-order valence-corrected chi connectivity index (χ4v) is 3.34. The molecule has 2 atom stereocenters. The summed E-state index contributed by atoms with van der Waals surface area (Å²) in [5.74, 6) is 0.629. The van der Waals surface area contributed by atoms with E-state index in [4.69, 9.17) is 0 Å². The molecule has 0 spiro atoms. The van der Waals surface area contributed by atoms with Crippen molar-refractivity contribution >= 4 is 11.6 Å². The minimum Gasteiger partial charge on any atom is -0.305 e. The summed E-state index contributed by atoms with van der Waals surface area (Å²) in [5, 5.41) is 0. The highest BCUT2D eigenvalue weighted by Crippen LogP contribution is 2.48. The summed E-state index contributed by atoms with van der Waals surface area (Å²) in [6.07, 6.45) is 5.44. The van der Waals surface area contributed by atoms with Crippen LogP contribution in [0.3, 0.4) is 0 Å². The molecular formula is C15H17NO. The Morgan fingerprint density at radius 3 is 2.82 bits per heavy atom. The molecule has 0 aromatic heterocycles. The molecule has 3 rings (SSSR count). The number of rotatable bonds is 0. The molecule has 0 saturated heterocycles. The Labute approximate surface area is 102 Å². The number of nitrogens with zero attached hydrogens (tertiary/aromatic N) is 1. The lowest BCUT2D eigenvalue weighted by Crippen LogP contribution is -2.35. The maximum atomic E-state index is 11.9. The van der Waals surface area contributed by atoms with Crippen molar-refractivity contribution in [3.63, 3.8) is 0 Å². The van der Waals surface area contributed by atoms with Crippen LogP contribution in [0.5, 0.6) is 0 Å². The second kappa shape index (κ2) is 3.46. The Kier molecular flexibility index (Phi) is 2.15. The number of anilines is 1. The highest BCUT2D eigenvalue weighted by molar-refractivity contribution is 5.97. The Bertz CT molecular complexity index is 530. The van der Waals surface area contributed by atoms with Gasteiger partial charge in [-0.25, -0.2) is 0 Å². The van der Waals surface area contributed by atoms with Crippen LogP contribution in [0.4, 0.5) is 5.69 Å². The molecule has 1 heterocycles. The summed E-state index contributed by atoms with van der Waals surface area (Å²) < 4.78 is 0. The van der Waals surface area contributed by atoms with Gasteiger partial charge >= 0.3 is 0 Å². The molecule has 1 aromatic carbocycles. The van der Waals surface area contributed by atoms with E-state index in [1.807, 2.05) is 4.90 Å². The van der Waals surface area contributed by atoms with Crippen molar-refractivity contribution in [1.29, 1.82) is 0 Å². The van der Waals surface area contributed by atoms with E-state index in [1.165, 1.54) is 16.7 Å². The molecule has 0 saturated carbocycles. The van der Waals surface area contributed by atoms with Crippen molar-refractivity contribution in [2.75, 3.05) is 4.90 Å². The van der Waals surface area contributed by atoms with Gasteiger partial charge in [-0.05, 0) is 31.4 Å². The fourth-order valence-electron chi connectivity index (χ4n) is 3.34. The molecule has 1 amide bonds. The molecule has 2 unspecified atom stereocenters. The van der Waals surface area contributed by atoms with Gasteiger partial charge in [0.05, 0.1) is 11.7 Å². The lowest BCUT2D eigenvalue weighted by molar-refractivity contribution is -0.116. The van der Waals surface area contributed by atoms with E-state index < -0.39 is 0 Å². The zero-order valence-electron chi connectivity index (χ0n) is 10.5. The molecule has 2 nitrogen and oxygen atoms in total. The van der Waals surface area contributed by atoms with Crippen molar-refractivity contribution in [3.05, 3.63) is 41.0 Å². The van der Waals surface area contributed by atoms with Gasteiger partial charge in [-0.2, -0.15) is 0 Å². The van der Waals surface area contributed by atoms with E-state index in [2.05, 4.69) is 38.1 Å². The van der Waals surface area contributed by atoms with Crippen LogP contribution in [0.2, 0.25) is 0 Å². The molecule has 17 heavy (non-hydrogen) atoms. The van der Waals surface area contributed by atoms with Crippen LogP contribution in [-0.2, 0) is 4.79 Å². The molecular weight excluding hydrogens is 210 g/mol. The number of benzene rings is 1. The normalized spacial score (nSPS) is 25.0. The van der Waals surface area contributed by atoms with Gasteiger partial charge in [-0.1, -0.05) is 29.8 Å². The highest BCUT2D eigenvalue weighted by Gasteiger charge is 2.41. The first-order valence-corrected chi connectivity index (χ1v) is 6.17. The first kappa shape index (κ1) is 10.6. The number of allylic oxidation sites excluding steroid dienone is 1. The summed E-state index contributed by atoms with van der Waals surface area (Å²) in [6, 6.07) is 4.66. The SMILES string of the molecule is CC(=O)N1c2c(C)cc(C)cc2C2CC=CC21. The van der Waals surface area contributed by atoms with Crippen molar-refractivity contribution in [3.8, 4) is 0 Å². The predicted molar refractivity (Wildman–Crippen MR) is 69.4 cm³/mol. The first-order chi connectivity index (χ1) is 8.09. The molecule has 1 aliphatic heterocycles. The average Bonchev–Trinajstić information content (AvgIpc) is 2.77. The van der Waals surface area contributed by atoms with Crippen molar-refractivity contribution < 1.29 is 4.79 Å².